The molecule has 0 atom stereocenters. The fourth-order valence-corrected chi connectivity index (χ4v) is 1.99. The van der Waals surface area contributed by atoms with E-state index in [9.17, 15) is 0 Å². The molecule has 2 rings (SSSR count). The van der Waals surface area contributed by atoms with Gasteiger partial charge in [0.15, 0.2) is 0 Å². The van der Waals surface area contributed by atoms with E-state index in [1.807, 2.05) is 0 Å². The zero-order valence-electron chi connectivity index (χ0n) is 10.5. The summed E-state index contributed by atoms with van der Waals surface area (Å²) >= 11 is 0. The van der Waals surface area contributed by atoms with Gasteiger partial charge in [0.2, 0.25) is 0 Å². The molecule has 1 aromatic rings. The van der Waals surface area contributed by atoms with Crippen LogP contribution in [0.4, 0.5) is 0 Å². The fourth-order valence-electron chi connectivity index (χ4n) is 1.99. The molecule has 0 nitrogen and oxygen atoms in total. The molecule has 0 heteroatoms. The Kier molecular flexibility index (Phi) is 3.00. The summed E-state index contributed by atoms with van der Waals surface area (Å²) in [6.45, 7) is 6.76. The molecule has 0 saturated carbocycles. The Bertz CT molecular complexity index is 410. The standard InChI is InChI=1S/C16H20/c1-16(2,3)15-11-9-14(10-12-15)13-7-5-4-6-8-13/h5,7-12H,4,6H2,1-3H3. The van der Waals surface area contributed by atoms with Crippen LogP contribution in [-0.4, -0.2) is 0 Å². The van der Waals surface area contributed by atoms with Gasteiger partial charge in [0.1, 0.15) is 0 Å². The smallest absolute Gasteiger partial charge is 0.0132 e. The molecule has 0 aromatic heterocycles. The van der Waals surface area contributed by atoms with E-state index in [1.165, 1.54) is 29.5 Å². The summed E-state index contributed by atoms with van der Waals surface area (Å²) in [5.74, 6) is 0. The Morgan fingerprint density at radius 2 is 1.62 bits per heavy atom. The summed E-state index contributed by atoms with van der Waals surface area (Å²) in [4.78, 5) is 0. The van der Waals surface area contributed by atoms with Gasteiger partial charge < -0.3 is 0 Å². The third-order valence-electron chi connectivity index (χ3n) is 3.08. The maximum absolute atomic E-state index is 2.33. The van der Waals surface area contributed by atoms with Crippen LogP contribution in [0.5, 0.6) is 0 Å². The summed E-state index contributed by atoms with van der Waals surface area (Å²) in [5.41, 5.74) is 4.35. The van der Waals surface area contributed by atoms with E-state index in [2.05, 4.69) is 63.3 Å². The van der Waals surface area contributed by atoms with Gasteiger partial charge in [-0.2, -0.15) is 0 Å². The highest BCUT2D eigenvalue weighted by molar-refractivity contribution is 5.74. The molecule has 0 unspecified atom stereocenters. The third-order valence-corrected chi connectivity index (χ3v) is 3.08. The molecule has 1 aliphatic carbocycles. The van der Waals surface area contributed by atoms with Crippen LogP contribution in [0.3, 0.4) is 0 Å². The van der Waals surface area contributed by atoms with Crippen molar-refractivity contribution < 1.29 is 0 Å². The monoisotopic (exact) mass is 212 g/mol. The SMILES string of the molecule is CC(C)(C)c1ccc(C2=CCCC=C2)cc1. The third kappa shape index (κ3) is 2.44. The van der Waals surface area contributed by atoms with E-state index in [0.29, 0.717) is 0 Å². The average molecular weight is 212 g/mol. The molecule has 1 aliphatic rings. The first kappa shape index (κ1) is 11.2. The van der Waals surface area contributed by atoms with Gasteiger partial charge in [-0.25, -0.2) is 0 Å². The first-order valence-electron chi connectivity index (χ1n) is 6.05. The summed E-state index contributed by atoms with van der Waals surface area (Å²) in [7, 11) is 0. The second kappa shape index (κ2) is 4.29. The lowest BCUT2D eigenvalue weighted by Crippen LogP contribution is -2.10. The topological polar surface area (TPSA) is 0 Å². The van der Waals surface area contributed by atoms with Crippen molar-refractivity contribution in [3.63, 3.8) is 0 Å². The van der Waals surface area contributed by atoms with Crippen molar-refractivity contribution in [1.29, 1.82) is 0 Å². The van der Waals surface area contributed by atoms with Crippen molar-refractivity contribution in [2.24, 2.45) is 0 Å². The summed E-state index contributed by atoms with van der Waals surface area (Å²) in [6.07, 6.45) is 9.17. The highest BCUT2D eigenvalue weighted by atomic mass is 14.2. The van der Waals surface area contributed by atoms with Crippen LogP contribution < -0.4 is 0 Å². The molecule has 0 radical (unpaired) electrons. The molecule has 0 bridgehead atoms. The molecule has 0 amide bonds. The van der Waals surface area contributed by atoms with Crippen molar-refractivity contribution >= 4 is 5.57 Å². The zero-order chi connectivity index (χ0) is 11.6. The van der Waals surface area contributed by atoms with E-state index in [4.69, 9.17) is 0 Å². The van der Waals surface area contributed by atoms with Crippen molar-refractivity contribution in [1.82, 2.24) is 0 Å². The largest absolute Gasteiger partial charge is 0.0836 e. The van der Waals surface area contributed by atoms with Crippen molar-refractivity contribution in [2.45, 2.75) is 39.0 Å². The van der Waals surface area contributed by atoms with E-state index < -0.39 is 0 Å². The molecule has 16 heavy (non-hydrogen) atoms. The highest BCUT2D eigenvalue weighted by Crippen LogP contribution is 2.26. The zero-order valence-corrected chi connectivity index (χ0v) is 10.5. The van der Waals surface area contributed by atoms with Gasteiger partial charge in [-0.3, -0.25) is 0 Å². The normalized spacial score (nSPS) is 16.1. The minimum Gasteiger partial charge on any atom is -0.0836 e. The van der Waals surface area contributed by atoms with Crippen molar-refractivity contribution in [3.8, 4) is 0 Å². The van der Waals surface area contributed by atoms with Gasteiger partial charge in [0.25, 0.3) is 0 Å². The lowest BCUT2D eigenvalue weighted by Gasteiger charge is -2.19. The maximum Gasteiger partial charge on any atom is -0.0132 e. The predicted octanol–water partition coefficient (Wildman–Crippen LogP) is 4.72. The average Bonchev–Trinajstić information content (AvgIpc) is 2.29. The Balaban J connectivity index is 2.26. The van der Waals surface area contributed by atoms with E-state index in [-0.39, 0.29) is 5.41 Å². The lowest BCUT2D eigenvalue weighted by molar-refractivity contribution is 0.590. The molecule has 84 valence electrons. The Hall–Kier alpha value is -1.30. The van der Waals surface area contributed by atoms with Crippen LogP contribution in [0, 0.1) is 0 Å². The van der Waals surface area contributed by atoms with Gasteiger partial charge in [-0.1, -0.05) is 63.3 Å². The molecule has 0 N–H and O–H groups in total. The van der Waals surface area contributed by atoms with E-state index in [0.717, 1.165) is 0 Å². The van der Waals surface area contributed by atoms with Crippen LogP contribution in [-0.2, 0) is 5.41 Å². The van der Waals surface area contributed by atoms with Crippen LogP contribution in [0.1, 0.15) is 44.7 Å². The number of benzene rings is 1. The molecule has 0 spiro atoms. The first-order chi connectivity index (χ1) is 7.57. The van der Waals surface area contributed by atoms with Crippen molar-refractivity contribution in [3.05, 3.63) is 53.6 Å². The van der Waals surface area contributed by atoms with Gasteiger partial charge in [0.05, 0.1) is 0 Å². The number of rotatable bonds is 1. The Morgan fingerprint density at radius 1 is 0.938 bits per heavy atom. The first-order valence-corrected chi connectivity index (χ1v) is 6.05. The summed E-state index contributed by atoms with van der Waals surface area (Å²) < 4.78 is 0. The van der Waals surface area contributed by atoms with Crippen molar-refractivity contribution in [2.75, 3.05) is 0 Å². The molecular weight excluding hydrogens is 192 g/mol. The van der Waals surface area contributed by atoms with E-state index in [1.54, 1.807) is 0 Å². The number of hydrogen-bond acceptors (Lipinski definition) is 0. The van der Waals surface area contributed by atoms with Crippen LogP contribution in [0.2, 0.25) is 0 Å². The summed E-state index contributed by atoms with van der Waals surface area (Å²) in [6, 6.07) is 8.97. The Labute approximate surface area is 98.7 Å². The Morgan fingerprint density at radius 3 is 2.12 bits per heavy atom. The molecule has 0 saturated heterocycles. The minimum absolute atomic E-state index is 0.245. The quantitative estimate of drug-likeness (QED) is 0.632. The minimum atomic E-state index is 0.245. The summed E-state index contributed by atoms with van der Waals surface area (Å²) in [5, 5.41) is 0. The van der Waals surface area contributed by atoms with Crippen LogP contribution in [0.25, 0.3) is 5.57 Å². The van der Waals surface area contributed by atoms with Gasteiger partial charge in [-0.05, 0) is 35.0 Å². The van der Waals surface area contributed by atoms with Gasteiger partial charge >= 0.3 is 0 Å². The van der Waals surface area contributed by atoms with Gasteiger partial charge in [0, 0.05) is 0 Å². The van der Waals surface area contributed by atoms with Gasteiger partial charge in [-0.15, -0.1) is 0 Å². The number of hydrogen-bond donors (Lipinski definition) is 0. The van der Waals surface area contributed by atoms with Crippen LogP contribution in [0.15, 0.2) is 42.5 Å². The second-order valence-electron chi connectivity index (χ2n) is 5.47. The molecule has 0 aliphatic heterocycles. The molecule has 0 heterocycles. The highest BCUT2D eigenvalue weighted by Gasteiger charge is 2.13. The number of allylic oxidation sites excluding steroid dienone is 4. The fraction of sp³-hybridized carbons (Fsp3) is 0.375. The second-order valence-corrected chi connectivity index (χ2v) is 5.47. The lowest BCUT2D eigenvalue weighted by atomic mass is 9.86. The molecule has 0 fully saturated rings. The molecular formula is C16H20. The predicted molar refractivity (Wildman–Crippen MR) is 71.5 cm³/mol. The van der Waals surface area contributed by atoms with Crippen LogP contribution >= 0.6 is 0 Å². The van der Waals surface area contributed by atoms with E-state index >= 15 is 0 Å². The maximum atomic E-state index is 2.33. The molecule has 1 aromatic carbocycles.